The largest absolute Gasteiger partial charge is 0.495 e. The van der Waals surface area contributed by atoms with Crippen LogP contribution in [0.5, 0.6) is 5.75 Å². The van der Waals surface area contributed by atoms with Crippen molar-refractivity contribution in [2.24, 2.45) is 5.73 Å². The van der Waals surface area contributed by atoms with E-state index in [0.29, 0.717) is 23.6 Å². The van der Waals surface area contributed by atoms with Gasteiger partial charge in [0.15, 0.2) is 0 Å². The van der Waals surface area contributed by atoms with Gasteiger partial charge in [0, 0.05) is 43.4 Å². The minimum Gasteiger partial charge on any atom is -0.495 e. The zero-order valence-electron chi connectivity index (χ0n) is 15.8. The highest BCUT2D eigenvalue weighted by molar-refractivity contribution is 6.30. The van der Waals surface area contributed by atoms with Crippen LogP contribution in [0.3, 0.4) is 0 Å². The Hall–Kier alpha value is -2.58. The predicted octanol–water partition coefficient (Wildman–Crippen LogP) is 1.91. The molecule has 0 aliphatic carbocycles. The molecule has 1 aromatic heterocycles. The van der Waals surface area contributed by atoms with Gasteiger partial charge in [-0.25, -0.2) is 9.97 Å². The fourth-order valence-electron chi connectivity index (χ4n) is 3.28. The van der Waals surface area contributed by atoms with Gasteiger partial charge in [-0.2, -0.15) is 0 Å². The first-order valence-corrected chi connectivity index (χ1v) is 9.63. The summed E-state index contributed by atoms with van der Waals surface area (Å²) in [5.41, 5.74) is 6.47. The zero-order valence-corrected chi connectivity index (χ0v) is 16.6. The summed E-state index contributed by atoms with van der Waals surface area (Å²) in [6.45, 7) is 3.39. The zero-order chi connectivity index (χ0) is 19.9. The van der Waals surface area contributed by atoms with Crippen LogP contribution in [0.2, 0.25) is 5.02 Å². The average Bonchev–Trinajstić information content (AvgIpc) is 2.71. The number of aromatic nitrogens is 2. The molecule has 28 heavy (non-hydrogen) atoms. The van der Waals surface area contributed by atoms with Crippen LogP contribution in [0.4, 0.5) is 11.6 Å². The number of anilines is 2. The molecule has 1 fully saturated rings. The third-order valence-electron chi connectivity index (χ3n) is 4.66. The molecular weight excluding hydrogens is 380 g/mol. The van der Waals surface area contributed by atoms with E-state index in [1.807, 2.05) is 18.2 Å². The molecule has 1 unspecified atom stereocenters. The lowest BCUT2D eigenvalue weighted by Crippen LogP contribution is -2.50. The molecule has 1 aliphatic rings. The van der Waals surface area contributed by atoms with Crippen molar-refractivity contribution < 1.29 is 9.53 Å². The van der Waals surface area contributed by atoms with Crippen LogP contribution in [0.15, 0.2) is 30.5 Å². The number of carbonyl (C=O) groups excluding carboxylic acids is 1. The van der Waals surface area contributed by atoms with Crippen molar-refractivity contribution in [1.82, 2.24) is 15.3 Å². The molecule has 0 bridgehead atoms. The fraction of sp³-hybridized carbons (Fsp3) is 0.421. The molecule has 1 aromatic carbocycles. The van der Waals surface area contributed by atoms with Gasteiger partial charge in [-0.1, -0.05) is 11.6 Å². The predicted molar refractivity (Wildman–Crippen MR) is 110 cm³/mol. The Balaban J connectivity index is 1.50. The van der Waals surface area contributed by atoms with Gasteiger partial charge >= 0.3 is 0 Å². The first-order valence-electron chi connectivity index (χ1n) is 9.25. The molecule has 2 aromatic rings. The Morgan fingerprint density at radius 1 is 1.46 bits per heavy atom. The van der Waals surface area contributed by atoms with E-state index < -0.39 is 5.91 Å². The maximum atomic E-state index is 11.2. The van der Waals surface area contributed by atoms with E-state index in [4.69, 9.17) is 22.1 Å². The first-order chi connectivity index (χ1) is 13.6. The van der Waals surface area contributed by atoms with Crippen LogP contribution in [0.1, 0.15) is 23.3 Å². The molecule has 1 saturated heterocycles. The highest BCUT2D eigenvalue weighted by atomic mass is 35.5. The van der Waals surface area contributed by atoms with E-state index in [2.05, 4.69) is 25.5 Å². The second kappa shape index (κ2) is 9.57. The molecular formula is C19H25ClN6O2. The Bertz CT molecular complexity index is 819. The molecule has 0 saturated carbocycles. The molecule has 0 radical (unpaired) electrons. The number of ether oxygens (including phenoxy) is 1. The van der Waals surface area contributed by atoms with Gasteiger partial charge < -0.3 is 26.0 Å². The normalized spacial score (nSPS) is 16.6. The van der Waals surface area contributed by atoms with Crippen molar-refractivity contribution in [3.63, 3.8) is 0 Å². The van der Waals surface area contributed by atoms with Gasteiger partial charge in [0.2, 0.25) is 5.95 Å². The Labute approximate surface area is 169 Å². The van der Waals surface area contributed by atoms with Gasteiger partial charge in [0.05, 0.1) is 12.8 Å². The number of nitrogens with two attached hydrogens (primary N) is 1. The van der Waals surface area contributed by atoms with Crippen molar-refractivity contribution in [2.75, 3.05) is 43.5 Å². The van der Waals surface area contributed by atoms with Crippen molar-refractivity contribution >= 4 is 29.1 Å². The van der Waals surface area contributed by atoms with Crippen molar-refractivity contribution in [1.29, 1.82) is 0 Å². The SMILES string of the molecule is COc1ccc(Cl)cc1N1CCNC(CCCNc2nccc(C(N)=O)n2)C1. The van der Waals surface area contributed by atoms with E-state index in [-0.39, 0.29) is 5.69 Å². The molecule has 2 heterocycles. The fourth-order valence-corrected chi connectivity index (χ4v) is 3.44. The minimum atomic E-state index is -0.562. The summed E-state index contributed by atoms with van der Waals surface area (Å²) in [6.07, 6.45) is 3.44. The van der Waals surface area contributed by atoms with Gasteiger partial charge in [-0.3, -0.25) is 4.79 Å². The summed E-state index contributed by atoms with van der Waals surface area (Å²) < 4.78 is 5.49. The standard InChI is InChI=1S/C19H25ClN6O2/c1-28-17-5-4-13(20)11-16(17)26-10-9-22-14(12-26)3-2-7-23-19-24-8-6-15(25-19)18(21)27/h4-6,8,11,14,22H,2-3,7,9-10,12H2,1H3,(H2,21,27)(H,23,24,25). The number of halogens is 1. The Morgan fingerprint density at radius 3 is 3.11 bits per heavy atom. The number of hydrogen-bond donors (Lipinski definition) is 3. The van der Waals surface area contributed by atoms with Crippen molar-refractivity contribution in [3.8, 4) is 5.75 Å². The molecule has 3 rings (SSSR count). The third-order valence-corrected chi connectivity index (χ3v) is 4.89. The number of rotatable bonds is 8. The van der Waals surface area contributed by atoms with Gasteiger partial charge in [-0.15, -0.1) is 0 Å². The van der Waals surface area contributed by atoms with Crippen molar-refractivity contribution in [2.45, 2.75) is 18.9 Å². The summed E-state index contributed by atoms with van der Waals surface area (Å²) in [7, 11) is 1.67. The Morgan fingerprint density at radius 2 is 2.32 bits per heavy atom. The summed E-state index contributed by atoms with van der Waals surface area (Å²) in [5.74, 6) is 0.685. The highest BCUT2D eigenvalue weighted by Crippen LogP contribution is 2.32. The van der Waals surface area contributed by atoms with E-state index in [0.717, 1.165) is 43.9 Å². The highest BCUT2D eigenvalue weighted by Gasteiger charge is 2.21. The second-order valence-corrected chi connectivity index (χ2v) is 7.05. The number of primary amides is 1. The number of piperazine rings is 1. The van der Waals surface area contributed by atoms with E-state index in [1.54, 1.807) is 7.11 Å². The molecule has 8 nitrogen and oxygen atoms in total. The number of methoxy groups -OCH3 is 1. The van der Waals surface area contributed by atoms with E-state index >= 15 is 0 Å². The quantitative estimate of drug-likeness (QED) is 0.577. The van der Waals surface area contributed by atoms with Crippen LogP contribution in [0, 0.1) is 0 Å². The maximum Gasteiger partial charge on any atom is 0.267 e. The molecule has 1 atom stereocenters. The van der Waals surface area contributed by atoms with Crippen LogP contribution in [0.25, 0.3) is 0 Å². The van der Waals surface area contributed by atoms with Crippen LogP contribution in [-0.2, 0) is 0 Å². The molecule has 1 amide bonds. The number of nitrogens with one attached hydrogen (secondary N) is 2. The van der Waals surface area contributed by atoms with Crippen LogP contribution >= 0.6 is 11.6 Å². The second-order valence-electron chi connectivity index (χ2n) is 6.61. The lowest BCUT2D eigenvalue weighted by molar-refractivity contribution is 0.0995. The van der Waals surface area contributed by atoms with Crippen LogP contribution < -0.4 is 26.0 Å². The summed E-state index contributed by atoms with van der Waals surface area (Å²) in [5, 5.41) is 7.40. The van der Waals surface area contributed by atoms with E-state index in [9.17, 15) is 4.79 Å². The third kappa shape index (κ3) is 5.24. The topological polar surface area (TPSA) is 105 Å². The lowest BCUT2D eigenvalue weighted by atomic mass is 10.1. The summed E-state index contributed by atoms with van der Waals surface area (Å²) in [4.78, 5) is 21.7. The maximum absolute atomic E-state index is 11.2. The summed E-state index contributed by atoms with van der Waals surface area (Å²) in [6, 6.07) is 7.55. The van der Waals surface area contributed by atoms with E-state index in [1.165, 1.54) is 12.3 Å². The minimum absolute atomic E-state index is 0.206. The number of nitrogens with zero attached hydrogens (tertiary/aromatic N) is 3. The van der Waals surface area contributed by atoms with Crippen molar-refractivity contribution in [3.05, 3.63) is 41.2 Å². The Kier molecular flexibility index (Phi) is 6.89. The molecule has 150 valence electrons. The number of amides is 1. The molecule has 9 heteroatoms. The van der Waals surface area contributed by atoms with Crippen LogP contribution in [-0.4, -0.2) is 55.2 Å². The number of benzene rings is 1. The average molecular weight is 405 g/mol. The number of carbonyl (C=O) groups is 1. The number of hydrogen-bond acceptors (Lipinski definition) is 7. The molecule has 1 aliphatic heterocycles. The monoisotopic (exact) mass is 404 g/mol. The smallest absolute Gasteiger partial charge is 0.267 e. The van der Waals surface area contributed by atoms with Gasteiger partial charge in [0.25, 0.3) is 5.91 Å². The first kappa shape index (κ1) is 20.2. The lowest BCUT2D eigenvalue weighted by Gasteiger charge is -2.36. The summed E-state index contributed by atoms with van der Waals surface area (Å²) >= 11 is 6.17. The molecule has 4 N–H and O–H groups in total. The van der Waals surface area contributed by atoms with Gasteiger partial charge in [-0.05, 0) is 37.1 Å². The van der Waals surface area contributed by atoms with Gasteiger partial charge in [0.1, 0.15) is 11.4 Å². The molecule has 0 spiro atoms.